The lowest BCUT2D eigenvalue weighted by Crippen LogP contribution is -2.52. The number of carbonyl (C=O) groups excluding carboxylic acids is 5. The lowest BCUT2D eigenvalue weighted by Gasteiger charge is -2.32. The fourth-order valence-corrected chi connectivity index (χ4v) is 11.4. The second-order valence-electron chi connectivity index (χ2n) is 16.9. The number of carboxylic acid groups (broad SMARTS) is 2. The molecule has 0 bridgehead atoms. The van der Waals surface area contributed by atoms with Crippen LogP contribution in [0.15, 0.2) is 66.7 Å². The van der Waals surface area contributed by atoms with E-state index in [-0.39, 0.29) is 83.4 Å². The molecule has 2 saturated heterocycles. The maximum absolute atomic E-state index is 13.5. The number of thiophene rings is 1. The van der Waals surface area contributed by atoms with Crippen LogP contribution in [0.1, 0.15) is 88.9 Å². The van der Waals surface area contributed by atoms with E-state index in [4.69, 9.17) is 21.4 Å². The van der Waals surface area contributed by atoms with Gasteiger partial charge in [0.25, 0.3) is 5.91 Å². The van der Waals surface area contributed by atoms with Crippen molar-refractivity contribution in [3.63, 3.8) is 0 Å². The summed E-state index contributed by atoms with van der Waals surface area (Å²) in [5, 5.41) is 33.2. The number of piperidine rings is 2. The van der Waals surface area contributed by atoms with Crippen LogP contribution in [-0.2, 0) is 46.3 Å². The van der Waals surface area contributed by atoms with Gasteiger partial charge in [-0.3, -0.25) is 29.3 Å². The number of anilines is 3. The number of benzene rings is 3. The van der Waals surface area contributed by atoms with Gasteiger partial charge in [0.2, 0.25) is 33.7 Å². The molecule has 3 aliphatic rings. The molecule has 7 N–H and O–H groups in total. The van der Waals surface area contributed by atoms with Crippen molar-refractivity contribution in [2.45, 2.75) is 82.2 Å². The average molecular weight is 1010 g/mol. The average Bonchev–Trinajstić information content (AvgIpc) is 3.82. The maximum Gasteiger partial charge on any atom is 0.349 e. The third-order valence-electron chi connectivity index (χ3n) is 11.9. The SMILES string of the molecule is O=C(O)COc1c(C(=O)O)sc(-c2cccc(NC3CCN(S(=O)(=O)Cc4cccc(NC(=O)CCCCCCNC(=O)CNc5ccc6c(c5)CN(C5CCC(=O)NC5=O)C6=O)c4)CC3)c2)c1Cl. The summed E-state index contributed by atoms with van der Waals surface area (Å²) in [4.78, 5) is 86.6. The molecule has 1 unspecified atom stereocenters. The summed E-state index contributed by atoms with van der Waals surface area (Å²) in [5.41, 5.74) is 4.25. The van der Waals surface area contributed by atoms with Crippen molar-refractivity contribution in [3.8, 4) is 16.2 Å². The molecular formula is C47H52ClN7O12S2. The van der Waals surface area contributed by atoms with Crippen LogP contribution in [0.3, 0.4) is 0 Å². The van der Waals surface area contributed by atoms with Gasteiger partial charge < -0.3 is 41.1 Å². The number of sulfonamides is 1. The van der Waals surface area contributed by atoms with Gasteiger partial charge in [-0.25, -0.2) is 22.3 Å². The first-order valence-electron chi connectivity index (χ1n) is 22.5. The Labute approximate surface area is 407 Å². The van der Waals surface area contributed by atoms with Gasteiger partial charge in [-0.15, -0.1) is 11.3 Å². The molecule has 0 spiro atoms. The van der Waals surface area contributed by atoms with Crippen molar-refractivity contribution in [2.75, 3.05) is 48.7 Å². The second-order valence-corrected chi connectivity index (χ2v) is 20.3. The summed E-state index contributed by atoms with van der Waals surface area (Å²) in [6, 6.07) is 18.3. The molecule has 3 aromatic carbocycles. The highest BCUT2D eigenvalue weighted by atomic mass is 35.5. The number of carbonyl (C=O) groups is 7. The number of fused-ring (bicyclic) bond motifs is 1. The van der Waals surface area contributed by atoms with Crippen molar-refractivity contribution >= 4 is 91.5 Å². The van der Waals surface area contributed by atoms with Gasteiger partial charge in [-0.2, -0.15) is 0 Å². The Balaban J connectivity index is 0.772. The van der Waals surface area contributed by atoms with Crippen LogP contribution in [-0.4, -0.2) is 114 Å². The first-order valence-corrected chi connectivity index (χ1v) is 25.3. The first kappa shape index (κ1) is 50.3. The van der Waals surface area contributed by atoms with Crippen molar-refractivity contribution in [3.05, 3.63) is 93.3 Å². The summed E-state index contributed by atoms with van der Waals surface area (Å²) in [5.74, 6) is -4.48. The zero-order chi connectivity index (χ0) is 49.2. The zero-order valence-electron chi connectivity index (χ0n) is 37.4. The maximum atomic E-state index is 13.5. The predicted octanol–water partition coefficient (Wildman–Crippen LogP) is 5.51. The monoisotopic (exact) mass is 1010 g/mol. The Morgan fingerprint density at radius 2 is 1.62 bits per heavy atom. The van der Waals surface area contributed by atoms with Gasteiger partial charge >= 0.3 is 11.9 Å². The van der Waals surface area contributed by atoms with Gasteiger partial charge in [0, 0.05) is 67.7 Å². The van der Waals surface area contributed by atoms with Gasteiger partial charge in [0.1, 0.15) is 11.1 Å². The summed E-state index contributed by atoms with van der Waals surface area (Å²) < 4.78 is 33.7. The van der Waals surface area contributed by atoms with E-state index in [1.807, 2.05) is 6.07 Å². The van der Waals surface area contributed by atoms with E-state index < -0.39 is 40.5 Å². The largest absolute Gasteiger partial charge is 0.479 e. The molecule has 5 amide bonds. The van der Waals surface area contributed by atoms with E-state index in [0.717, 1.165) is 36.2 Å². The Hall–Kier alpha value is -6.55. The number of amides is 5. The quantitative estimate of drug-likeness (QED) is 0.0378. The minimum absolute atomic E-state index is 0.00103. The molecule has 2 fully saturated rings. The molecule has 22 heteroatoms. The molecule has 19 nitrogen and oxygen atoms in total. The van der Waals surface area contributed by atoms with Gasteiger partial charge in [0.15, 0.2) is 17.2 Å². The Morgan fingerprint density at radius 3 is 2.38 bits per heavy atom. The Kier molecular flexibility index (Phi) is 16.6. The molecule has 7 rings (SSSR count). The number of carboxylic acids is 2. The van der Waals surface area contributed by atoms with Crippen LogP contribution in [0.4, 0.5) is 17.1 Å². The van der Waals surface area contributed by atoms with E-state index in [0.29, 0.717) is 77.5 Å². The third-order valence-corrected chi connectivity index (χ3v) is 15.4. The molecule has 1 aromatic heterocycles. The number of nitrogens with zero attached hydrogens (tertiary/aromatic N) is 2. The highest BCUT2D eigenvalue weighted by Crippen LogP contribution is 2.46. The number of rotatable bonds is 22. The van der Waals surface area contributed by atoms with Crippen LogP contribution in [0.2, 0.25) is 5.02 Å². The highest BCUT2D eigenvalue weighted by Gasteiger charge is 2.39. The molecule has 0 aliphatic carbocycles. The van der Waals surface area contributed by atoms with E-state index in [1.165, 1.54) is 9.21 Å². The number of aromatic carboxylic acids is 1. The number of aliphatic carboxylic acids is 1. The van der Waals surface area contributed by atoms with Crippen LogP contribution in [0.25, 0.3) is 10.4 Å². The summed E-state index contributed by atoms with van der Waals surface area (Å²) in [7, 11) is -3.68. The molecule has 4 aromatic rings. The topological polar surface area (TPSA) is 270 Å². The normalized spacial score (nSPS) is 16.4. The first-order chi connectivity index (χ1) is 33.0. The molecule has 4 heterocycles. The summed E-state index contributed by atoms with van der Waals surface area (Å²) in [6.45, 7) is 0.571. The number of nitrogens with one attached hydrogen (secondary N) is 5. The van der Waals surface area contributed by atoms with Crippen molar-refractivity contribution in [1.29, 1.82) is 0 Å². The number of hydrogen-bond donors (Lipinski definition) is 7. The predicted molar refractivity (Wildman–Crippen MR) is 258 cm³/mol. The summed E-state index contributed by atoms with van der Waals surface area (Å²) >= 11 is 7.35. The van der Waals surface area contributed by atoms with Crippen LogP contribution in [0, 0.1) is 0 Å². The fraction of sp³-hybridized carbons (Fsp3) is 0.383. The molecule has 0 saturated carbocycles. The second kappa shape index (κ2) is 22.7. The molecule has 0 radical (unpaired) electrons. The third kappa shape index (κ3) is 13.2. The van der Waals surface area contributed by atoms with E-state index in [2.05, 4.69) is 26.6 Å². The number of hydrogen-bond acceptors (Lipinski definition) is 13. The number of unbranched alkanes of at least 4 members (excludes halogenated alkanes) is 3. The number of ether oxygens (including phenoxy) is 1. The van der Waals surface area contributed by atoms with Gasteiger partial charge in [-0.05, 0) is 91.3 Å². The zero-order valence-corrected chi connectivity index (χ0v) is 39.8. The van der Waals surface area contributed by atoms with Crippen molar-refractivity contribution in [1.82, 2.24) is 19.8 Å². The van der Waals surface area contributed by atoms with Crippen molar-refractivity contribution in [2.24, 2.45) is 0 Å². The van der Waals surface area contributed by atoms with Crippen LogP contribution < -0.4 is 31.3 Å². The van der Waals surface area contributed by atoms with Crippen LogP contribution in [0.5, 0.6) is 5.75 Å². The Bertz CT molecular complexity index is 2740. The van der Waals surface area contributed by atoms with E-state index in [9.17, 15) is 47.1 Å². The fourth-order valence-electron chi connectivity index (χ4n) is 8.43. The smallest absolute Gasteiger partial charge is 0.349 e. The minimum atomic E-state index is -3.68. The molecule has 3 aliphatic heterocycles. The van der Waals surface area contributed by atoms with E-state index >= 15 is 0 Å². The molecule has 1 atom stereocenters. The Morgan fingerprint density at radius 1 is 0.870 bits per heavy atom. The van der Waals surface area contributed by atoms with E-state index in [1.54, 1.807) is 60.7 Å². The van der Waals surface area contributed by atoms with Crippen molar-refractivity contribution < 1.29 is 56.9 Å². The molecule has 366 valence electrons. The highest BCUT2D eigenvalue weighted by molar-refractivity contribution is 7.88. The lowest BCUT2D eigenvalue weighted by atomic mass is 10.0. The number of halogens is 1. The lowest BCUT2D eigenvalue weighted by molar-refractivity contribution is -0.139. The number of imide groups is 1. The molecule has 69 heavy (non-hydrogen) atoms. The van der Waals surface area contributed by atoms with Gasteiger partial charge in [0.05, 0.1) is 17.2 Å². The van der Waals surface area contributed by atoms with Crippen LogP contribution >= 0.6 is 22.9 Å². The van der Waals surface area contributed by atoms with Gasteiger partial charge in [-0.1, -0.05) is 48.7 Å². The summed E-state index contributed by atoms with van der Waals surface area (Å²) in [6.07, 6.45) is 4.73. The molecular weight excluding hydrogens is 954 g/mol. The minimum Gasteiger partial charge on any atom is -0.479 e. The standard InChI is InChI=1S/C47H52ClN7O12S2/c48-41-42(67-26-40(59)60)44(47(63)64)68-43(41)29-8-6-10-34(22-29)51-31-16-19-54(20-17-31)69(65,66)27-28-7-5-9-33(21-28)52-37(56)11-3-1-2-4-18-49-39(58)24-50-32-12-13-35-30(23-32)25-55(46(35)62)36-14-15-38(57)53-45(36)61/h5-10,12-13,21-23,31,36,50-51H,1-4,11,14-20,24-27H2,(H,49,58)(H,52,56)(H,59,60)(H,63,64)(H,53,57,61).